The van der Waals surface area contributed by atoms with E-state index in [4.69, 9.17) is 5.11 Å². The van der Waals surface area contributed by atoms with E-state index in [1.165, 1.54) is 23.3 Å². The molecule has 0 aliphatic carbocycles. The lowest BCUT2D eigenvalue weighted by Crippen LogP contribution is -2.33. The summed E-state index contributed by atoms with van der Waals surface area (Å²) in [5.74, 6) is -0.392. The maximum absolute atomic E-state index is 12.1. The predicted octanol–water partition coefficient (Wildman–Crippen LogP) is 2.59. The van der Waals surface area contributed by atoms with Crippen molar-refractivity contribution in [2.45, 2.75) is 6.04 Å². The smallest absolute Gasteiger partial charge is 0.449 e. The molecule has 1 aromatic heterocycles. The van der Waals surface area contributed by atoms with Gasteiger partial charge in [-0.25, -0.2) is 14.8 Å². The van der Waals surface area contributed by atoms with Crippen LogP contribution in [0.4, 0.5) is 4.79 Å². The maximum Gasteiger partial charge on any atom is 0.512 e. The number of carboxylic acid groups (broad SMARTS) is 1. The third-order valence-corrected chi connectivity index (χ3v) is 3.52. The number of hydrogen-bond acceptors (Lipinski definition) is 5. The minimum Gasteiger partial charge on any atom is -0.449 e. The monoisotopic (exact) mass is 323 g/mol. The summed E-state index contributed by atoms with van der Waals surface area (Å²) in [5.41, 5.74) is 2.45. The van der Waals surface area contributed by atoms with Gasteiger partial charge in [-0.1, -0.05) is 30.8 Å². The largest absolute Gasteiger partial charge is 0.512 e. The van der Waals surface area contributed by atoms with Gasteiger partial charge in [0.25, 0.3) is 5.91 Å². The van der Waals surface area contributed by atoms with E-state index in [0.29, 0.717) is 5.56 Å². The van der Waals surface area contributed by atoms with Crippen molar-refractivity contribution in [3.8, 4) is 5.88 Å². The normalized spacial score (nSPS) is 15.5. The molecule has 0 spiro atoms. The zero-order chi connectivity index (χ0) is 17.1. The average Bonchev–Trinajstić information content (AvgIpc) is 2.60. The van der Waals surface area contributed by atoms with Gasteiger partial charge in [0, 0.05) is 17.8 Å². The summed E-state index contributed by atoms with van der Waals surface area (Å²) in [4.78, 5) is 26.7. The Bertz CT molecular complexity index is 830. The van der Waals surface area contributed by atoms with Crippen LogP contribution < -0.4 is 4.74 Å². The zero-order valence-electron chi connectivity index (χ0n) is 12.5. The highest BCUT2D eigenvalue weighted by Gasteiger charge is 2.30. The molecule has 1 atom stereocenters. The SMILES string of the molecule is C=CC(=O)N1N=Cc2ccccc2C1c1ccc(OC(=O)O)nc1. The number of aromatic nitrogens is 1. The molecule has 0 saturated carbocycles. The van der Waals surface area contributed by atoms with Crippen LogP contribution in [0.15, 0.2) is 60.4 Å². The average molecular weight is 323 g/mol. The van der Waals surface area contributed by atoms with Crippen LogP contribution in [0, 0.1) is 0 Å². The molecule has 1 unspecified atom stereocenters. The number of pyridine rings is 1. The first-order chi connectivity index (χ1) is 11.6. The molecular formula is C17H13N3O4. The second-order valence-corrected chi connectivity index (χ2v) is 4.96. The first-order valence-electron chi connectivity index (χ1n) is 7.05. The number of nitrogens with zero attached hydrogens (tertiary/aromatic N) is 3. The number of hydrogen-bond donors (Lipinski definition) is 1. The van der Waals surface area contributed by atoms with Crippen molar-refractivity contribution in [3.63, 3.8) is 0 Å². The van der Waals surface area contributed by atoms with Crippen molar-refractivity contribution < 1.29 is 19.4 Å². The summed E-state index contributed by atoms with van der Waals surface area (Å²) in [7, 11) is 0. The predicted molar refractivity (Wildman–Crippen MR) is 85.8 cm³/mol. The summed E-state index contributed by atoms with van der Waals surface area (Å²) in [6.45, 7) is 3.50. The van der Waals surface area contributed by atoms with Gasteiger partial charge in [0.1, 0.15) is 6.04 Å². The van der Waals surface area contributed by atoms with Crippen LogP contribution in [0.2, 0.25) is 0 Å². The number of ether oxygens (including phenoxy) is 1. The molecule has 7 heteroatoms. The van der Waals surface area contributed by atoms with Crippen LogP contribution in [0.25, 0.3) is 0 Å². The molecule has 2 aromatic rings. The Morgan fingerprint density at radius 1 is 1.25 bits per heavy atom. The van der Waals surface area contributed by atoms with Crippen molar-refractivity contribution in [1.82, 2.24) is 9.99 Å². The summed E-state index contributed by atoms with van der Waals surface area (Å²) >= 11 is 0. The molecule has 1 aliphatic rings. The fourth-order valence-electron chi connectivity index (χ4n) is 2.50. The third kappa shape index (κ3) is 2.87. The first kappa shape index (κ1) is 15.4. The Hall–Kier alpha value is -3.48. The summed E-state index contributed by atoms with van der Waals surface area (Å²) in [6, 6.07) is 10.2. The molecular weight excluding hydrogens is 310 g/mol. The number of hydrazone groups is 1. The van der Waals surface area contributed by atoms with Crippen molar-refractivity contribution in [2.24, 2.45) is 5.10 Å². The van der Waals surface area contributed by atoms with Crippen LogP contribution in [0.5, 0.6) is 5.88 Å². The van der Waals surface area contributed by atoms with E-state index in [1.54, 1.807) is 12.3 Å². The third-order valence-electron chi connectivity index (χ3n) is 3.52. The Morgan fingerprint density at radius 2 is 2.04 bits per heavy atom. The van der Waals surface area contributed by atoms with Gasteiger partial charge in [-0.05, 0) is 23.3 Å². The standard InChI is InChI=1S/C17H13N3O4/c1-2-15(21)20-16(13-6-4-3-5-11(13)10-19-20)12-7-8-14(18-9-12)24-17(22)23/h2-10,16H,1H2,(H,22,23). The highest BCUT2D eigenvalue weighted by atomic mass is 16.7. The van der Waals surface area contributed by atoms with E-state index in [-0.39, 0.29) is 11.8 Å². The summed E-state index contributed by atoms with van der Waals surface area (Å²) in [6.07, 6.45) is 2.83. The number of amides is 1. The quantitative estimate of drug-likeness (QED) is 0.692. The van der Waals surface area contributed by atoms with Crippen molar-refractivity contribution in [1.29, 1.82) is 0 Å². The number of rotatable bonds is 3. The van der Waals surface area contributed by atoms with Gasteiger partial charge in [0.05, 0.1) is 6.21 Å². The van der Waals surface area contributed by atoms with Crippen LogP contribution in [-0.2, 0) is 4.79 Å². The molecule has 7 nitrogen and oxygen atoms in total. The number of benzene rings is 1. The second-order valence-electron chi connectivity index (χ2n) is 4.96. The van der Waals surface area contributed by atoms with E-state index in [0.717, 1.165) is 11.1 Å². The highest BCUT2D eigenvalue weighted by Crippen LogP contribution is 2.33. The first-order valence-corrected chi connectivity index (χ1v) is 7.05. The minimum absolute atomic E-state index is 0.0413. The van der Waals surface area contributed by atoms with Gasteiger partial charge in [-0.2, -0.15) is 5.10 Å². The lowest BCUT2D eigenvalue weighted by Gasteiger charge is -2.31. The molecule has 3 rings (SSSR count). The van der Waals surface area contributed by atoms with Gasteiger partial charge in [-0.3, -0.25) is 4.79 Å². The Labute approximate surface area is 137 Å². The molecule has 0 fully saturated rings. The van der Waals surface area contributed by atoms with Crippen molar-refractivity contribution >= 4 is 18.3 Å². The number of carbonyl (C=O) groups excluding carboxylic acids is 1. The molecule has 120 valence electrons. The van der Waals surface area contributed by atoms with Gasteiger partial charge in [0.2, 0.25) is 5.88 Å². The maximum atomic E-state index is 12.1. The Kier molecular flexibility index (Phi) is 4.07. The molecule has 2 heterocycles. The Morgan fingerprint density at radius 3 is 2.71 bits per heavy atom. The van der Waals surface area contributed by atoms with Crippen molar-refractivity contribution in [3.05, 3.63) is 71.9 Å². The van der Waals surface area contributed by atoms with Gasteiger partial charge >= 0.3 is 6.16 Å². The minimum atomic E-state index is -1.44. The van der Waals surface area contributed by atoms with Gasteiger partial charge < -0.3 is 9.84 Å². The van der Waals surface area contributed by atoms with Crippen LogP contribution >= 0.6 is 0 Å². The topological polar surface area (TPSA) is 92.1 Å². The van der Waals surface area contributed by atoms with Crippen LogP contribution in [0.3, 0.4) is 0 Å². The molecule has 0 saturated heterocycles. The number of carbonyl (C=O) groups is 2. The molecule has 24 heavy (non-hydrogen) atoms. The van der Waals surface area contributed by atoms with E-state index >= 15 is 0 Å². The molecule has 1 aliphatic heterocycles. The van der Waals surface area contributed by atoms with Crippen LogP contribution in [0.1, 0.15) is 22.7 Å². The van der Waals surface area contributed by atoms with Crippen molar-refractivity contribution in [2.75, 3.05) is 0 Å². The lowest BCUT2D eigenvalue weighted by molar-refractivity contribution is -0.127. The van der Waals surface area contributed by atoms with E-state index < -0.39 is 12.2 Å². The molecule has 0 bridgehead atoms. The highest BCUT2D eigenvalue weighted by molar-refractivity contribution is 5.91. The van der Waals surface area contributed by atoms with Gasteiger partial charge in [-0.15, -0.1) is 0 Å². The summed E-state index contributed by atoms with van der Waals surface area (Å²) in [5, 5.41) is 14.1. The Balaban J connectivity index is 2.03. The van der Waals surface area contributed by atoms with Crippen LogP contribution in [-0.4, -0.2) is 33.4 Å². The molecule has 1 amide bonds. The second kappa shape index (κ2) is 6.33. The zero-order valence-corrected chi connectivity index (χ0v) is 12.5. The van der Waals surface area contributed by atoms with E-state index in [2.05, 4.69) is 21.4 Å². The fourth-order valence-corrected chi connectivity index (χ4v) is 2.50. The molecule has 1 aromatic carbocycles. The van der Waals surface area contributed by atoms with E-state index in [9.17, 15) is 9.59 Å². The van der Waals surface area contributed by atoms with Gasteiger partial charge in [0.15, 0.2) is 0 Å². The lowest BCUT2D eigenvalue weighted by atomic mass is 9.94. The summed E-state index contributed by atoms with van der Waals surface area (Å²) < 4.78 is 4.50. The molecule has 1 N–H and O–H groups in total. The number of fused-ring (bicyclic) bond motifs is 1. The fraction of sp³-hybridized carbons (Fsp3) is 0.0588. The van der Waals surface area contributed by atoms with E-state index in [1.807, 2.05) is 24.3 Å². The molecule has 0 radical (unpaired) electrons.